The lowest BCUT2D eigenvalue weighted by Crippen LogP contribution is -2.28. The number of carbonyl (C=O) groups is 2. The second kappa shape index (κ2) is 7.87. The Labute approximate surface area is 143 Å². The van der Waals surface area contributed by atoms with Crippen LogP contribution in [-0.2, 0) is 16.1 Å². The number of aromatic nitrogens is 1. The van der Waals surface area contributed by atoms with Crippen molar-refractivity contribution in [3.8, 4) is 0 Å². The van der Waals surface area contributed by atoms with E-state index >= 15 is 0 Å². The van der Waals surface area contributed by atoms with Crippen molar-refractivity contribution < 1.29 is 14.3 Å². The molecule has 0 aliphatic rings. The minimum Gasteiger partial charge on any atom is -0.452 e. The zero-order chi connectivity index (χ0) is 16.8. The van der Waals surface area contributed by atoms with Crippen LogP contribution in [0.1, 0.15) is 27.0 Å². The third-order valence-corrected chi connectivity index (χ3v) is 3.77. The monoisotopic (exact) mass is 376 g/mol. The third kappa shape index (κ3) is 5.17. The SMILES string of the molecule is Cc1ccc(CNC(=O)COC(=O)c2cncc(Br)c2)cc1C. The quantitative estimate of drug-likeness (QED) is 0.814. The molecule has 1 heterocycles. The summed E-state index contributed by atoms with van der Waals surface area (Å²) in [5.74, 6) is -0.931. The second-order valence-electron chi connectivity index (χ2n) is 5.16. The Balaban J connectivity index is 1.81. The zero-order valence-electron chi connectivity index (χ0n) is 12.9. The maximum atomic E-state index is 11.8. The zero-order valence-corrected chi connectivity index (χ0v) is 14.5. The Kier molecular flexibility index (Phi) is 5.87. The lowest BCUT2D eigenvalue weighted by atomic mass is 10.1. The average molecular weight is 377 g/mol. The molecule has 6 heteroatoms. The van der Waals surface area contributed by atoms with Crippen molar-refractivity contribution in [3.05, 3.63) is 63.4 Å². The molecule has 0 saturated heterocycles. The highest BCUT2D eigenvalue weighted by Gasteiger charge is 2.11. The molecule has 0 aliphatic carbocycles. The van der Waals surface area contributed by atoms with Crippen LogP contribution >= 0.6 is 15.9 Å². The maximum Gasteiger partial charge on any atom is 0.340 e. The number of nitrogens with zero attached hydrogens (tertiary/aromatic N) is 1. The summed E-state index contributed by atoms with van der Waals surface area (Å²) in [6, 6.07) is 7.58. The van der Waals surface area contributed by atoms with Crippen LogP contribution in [0.5, 0.6) is 0 Å². The van der Waals surface area contributed by atoms with Gasteiger partial charge in [0.15, 0.2) is 6.61 Å². The van der Waals surface area contributed by atoms with Gasteiger partial charge in [-0.05, 0) is 52.5 Å². The van der Waals surface area contributed by atoms with Crippen molar-refractivity contribution in [2.45, 2.75) is 20.4 Å². The molecule has 0 fully saturated rings. The fourth-order valence-electron chi connectivity index (χ4n) is 1.90. The molecular formula is C17H17BrN2O3. The number of pyridine rings is 1. The van der Waals surface area contributed by atoms with Crippen LogP contribution < -0.4 is 5.32 Å². The summed E-state index contributed by atoms with van der Waals surface area (Å²) in [5, 5.41) is 2.72. The topological polar surface area (TPSA) is 68.3 Å². The largest absolute Gasteiger partial charge is 0.452 e. The highest BCUT2D eigenvalue weighted by atomic mass is 79.9. The second-order valence-corrected chi connectivity index (χ2v) is 6.08. The van der Waals surface area contributed by atoms with E-state index < -0.39 is 5.97 Å². The Morgan fingerprint density at radius 1 is 1.17 bits per heavy atom. The Hall–Kier alpha value is -2.21. The van der Waals surface area contributed by atoms with Gasteiger partial charge in [0.2, 0.25) is 0 Å². The van der Waals surface area contributed by atoms with Crippen LogP contribution in [0.15, 0.2) is 41.1 Å². The molecule has 5 nitrogen and oxygen atoms in total. The van der Waals surface area contributed by atoms with Crippen molar-refractivity contribution in [1.29, 1.82) is 0 Å². The molecule has 0 spiro atoms. The van der Waals surface area contributed by atoms with Gasteiger partial charge in [0, 0.05) is 23.4 Å². The van der Waals surface area contributed by atoms with Gasteiger partial charge in [0.1, 0.15) is 0 Å². The molecule has 0 aliphatic heterocycles. The third-order valence-electron chi connectivity index (χ3n) is 3.34. The number of hydrogen-bond acceptors (Lipinski definition) is 4. The summed E-state index contributed by atoms with van der Waals surface area (Å²) in [4.78, 5) is 27.4. The number of amides is 1. The van der Waals surface area contributed by atoms with Gasteiger partial charge in [0.25, 0.3) is 5.91 Å². The van der Waals surface area contributed by atoms with Gasteiger partial charge >= 0.3 is 5.97 Å². The van der Waals surface area contributed by atoms with E-state index in [0.717, 1.165) is 5.56 Å². The van der Waals surface area contributed by atoms with E-state index in [1.165, 1.54) is 17.3 Å². The maximum absolute atomic E-state index is 11.8. The van der Waals surface area contributed by atoms with Crippen LogP contribution in [0, 0.1) is 13.8 Å². The predicted molar refractivity (Wildman–Crippen MR) is 90.0 cm³/mol. The number of rotatable bonds is 5. The average Bonchev–Trinajstić information content (AvgIpc) is 2.53. The first-order chi connectivity index (χ1) is 11.0. The van der Waals surface area contributed by atoms with Crippen molar-refractivity contribution in [2.24, 2.45) is 0 Å². The highest BCUT2D eigenvalue weighted by molar-refractivity contribution is 9.10. The molecule has 0 bridgehead atoms. The fraction of sp³-hybridized carbons (Fsp3) is 0.235. The Morgan fingerprint density at radius 3 is 2.65 bits per heavy atom. The van der Waals surface area contributed by atoms with Crippen LogP contribution in [0.4, 0.5) is 0 Å². The molecular weight excluding hydrogens is 360 g/mol. The van der Waals surface area contributed by atoms with Gasteiger partial charge in [0.05, 0.1) is 5.56 Å². The molecule has 2 aromatic rings. The lowest BCUT2D eigenvalue weighted by Gasteiger charge is -2.08. The highest BCUT2D eigenvalue weighted by Crippen LogP contribution is 2.11. The summed E-state index contributed by atoms with van der Waals surface area (Å²) in [7, 11) is 0. The van der Waals surface area contributed by atoms with Gasteiger partial charge in [-0.2, -0.15) is 0 Å². The summed E-state index contributed by atoms with van der Waals surface area (Å²) in [6.07, 6.45) is 2.95. The molecule has 1 aromatic heterocycles. The molecule has 0 unspecified atom stereocenters. The van der Waals surface area contributed by atoms with Gasteiger partial charge in [-0.3, -0.25) is 9.78 Å². The van der Waals surface area contributed by atoms with Gasteiger partial charge in [-0.25, -0.2) is 4.79 Å². The molecule has 0 radical (unpaired) electrons. The van der Waals surface area contributed by atoms with Crippen LogP contribution in [0.3, 0.4) is 0 Å². The van der Waals surface area contributed by atoms with Crippen LogP contribution in [0.2, 0.25) is 0 Å². The molecule has 2 rings (SSSR count). The van der Waals surface area contributed by atoms with Gasteiger partial charge in [-0.1, -0.05) is 18.2 Å². The van der Waals surface area contributed by atoms with Crippen LogP contribution in [-0.4, -0.2) is 23.5 Å². The Morgan fingerprint density at radius 2 is 1.96 bits per heavy atom. The summed E-state index contributed by atoms with van der Waals surface area (Å²) in [5.41, 5.74) is 3.67. The van der Waals surface area contributed by atoms with E-state index in [-0.39, 0.29) is 12.5 Å². The van der Waals surface area contributed by atoms with Gasteiger partial charge < -0.3 is 10.1 Å². The summed E-state index contributed by atoms with van der Waals surface area (Å²) >= 11 is 3.22. The van der Waals surface area contributed by atoms with Crippen molar-refractivity contribution in [1.82, 2.24) is 10.3 Å². The normalized spacial score (nSPS) is 10.2. The van der Waals surface area contributed by atoms with E-state index in [2.05, 4.69) is 26.2 Å². The van der Waals surface area contributed by atoms with E-state index in [1.807, 2.05) is 32.0 Å². The molecule has 1 amide bonds. The van der Waals surface area contributed by atoms with Crippen molar-refractivity contribution in [2.75, 3.05) is 6.61 Å². The van der Waals surface area contributed by atoms with E-state index in [1.54, 1.807) is 12.3 Å². The standard InChI is InChI=1S/C17H17BrN2O3/c1-11-3-4-13(5-12(11)2)7-20-16(21)10-23-17(22)14-6-15(18)9-19-8-14/h3-6,8-9H,7,10H2,1-2H3,(H,20,21). The minimum atomic E-state index is -0.583. The molecule has 23 heavy (non-hydrogen) atoms. The van der Waals surface area contributed by atoms with Gasteiger partial charge in [-0.15, -0.1) is 0 Å². The molecule has 1 N–H and O–H groups in total. The fourth-order valence-corrected chi connectivity index (χ4v) is 2.27. The predicted octanol–water partition coefficient (Wildman–Crippen LogP) is 2.93. The molecule has 0 atom stereocenters. The molecule has 120 valence electrons. The van der Waals surface area contributed by atoms with Crippen molar-refractivity contribution in [3.63, 3.8) is 0 Å². The smallest absolute Gasteiger partial charge is 0.340 e. The lowest BCUT2D eigenvalue weighted by molar-refractivity contribution is -0.124. The molecule has 1 aromatic carbocycles. The molecule has 0 saturated carbocycles. The number of benzene rings is 1. The van der Waals surface area contributed by atoms with E-state index in [9.17, 15) is 9.59 Å². The first-order valence-electron chi connectivity index (χ1n) is 7.06. The van der Waals surface area contributed by atoms with Crippen LogP contribution in [0.25, 0.3) is 0 Å². The summed E-state index contributed by atoms with van der Waals surface area (Å²) in [6.45, 7) is 4.13. The minimum absolute atomic E-state index is 0.293. The van der Waals surface area contributed by atoms with Crippen molar-refractivity contribution >= 4 is 27.8 Å². The number of ether oxygens (including phenoxy) is 1. The number of aryl methyl sites for hydroxylation is 2. The number of esters is 1. The number of halogens is 1. The first kappa shape index (κ1) is 17.1. The number of hydrogen-bond donors (Lipinski definition) is 1. The van der Waals surface area contributed by atoms with E-state index in [0.29, 0.717) is 16.6 Å². The summed E-state index contributed by atoms with van der Waals surface area (Å²) < 4.78 is 5.64. The van der Waals surface area contributed by atoms with E-state index in [4.69, 9.17) is 4.74 Å². The number of carbonyl (C=O) groups excluding carboxylic acids is 2. The Bertz CT molecular complexity index is 732. The number of nitrogens with one attached hydrogen (secondary N) is 1. The first-order valence-corrected chi connectivity index (χ1v) is 7.85.